The van der Waals surface area contributed by atoms with Gasteiger partial charge in [-0.05, 0) is 6.42 Å². The summed E-state index contributed by atoms with van der Waals surface area (Å²) in [4.78, 5) is 23.0. The Balaban J connectivity index is 1.71. The molecule has 1 saturated heterocycles. The second-order valence-corrected chi connectivity index (χ2v) is 7.12. The first-order chi connectivity index (χ1) is 10.7. The molecule has 0 aliphatic carbocycles. The highest BCUT2D eigenvalue weighted by atomic mass is 32.2. The fourth-order valence-electron chi connectivity index (χ4n) is 2.04. The molecule has 22 heavy (non-hydrogen) atoms. The average molecular weight is 344 g/mol. The van der Waals surface area contributed by atoms with Gasteiger partial charge in [0.25, 0.3) is 0 Å². The number of thioether (sulfide) groups is 1. The van der Waals surface area contributed by atoms with E-state index in [0.29, 0.717) is 30.8 Å². The number of hydrogen-bond acceptors (Lipinski definition) is 8. The van der Waals surface area contributed by atoms with Gasteiger partial charge in [0.05, 0.1) is 7.11 Å². The molecular weight excluding hydrogens is 324 g/mol. The van der Waals surface area contributed by atoms with Gasteiger partial charge in [0, 0.05) is 43.4 Å². The van der Waals surface area contributed by atoms with Crippen LogP contribution in [0, 0.1) is 0 Å². The Morgan fingerprint density at radius 1 is 1.45 bits per heavy atom. The van der Waals surface area contributed by atoms with E-state index in [9.17, 15) is 9.59 Å². The van der Waals surface area contributed by atoms with Crippen LogP contribution in [0.1, 0.15) is 24.3 Å². The molecule has 0 bridgehead atoms. The molecule has 1 aromatic rings. The van der Waals surface area contributed by atoms with Crippen LogP contribution in [-0.2, 0) is 20.7 Å². The third-order valence-electron chi connectivity index (χ3n) is 3.14. The Labute approximate surface area is 137 Å². The summed E-state index contributed by atoms with van der Waals surface area (Å²) in [5.41, 5.74) is 0. The maximum absolute atomic E-state index is 11.9. The third-order valence-corrected chi connectivity index (χ3v) is 5.17. The van der Waals surface area contributed by atoms with Gasteiger partial charge in [-0.1, -0.05) is 11.3 Å². The van der Waals surface area contributed by atoms with Gasteiger partial charge < -0.3 is 15.4 Å². The van der Waals surface area contributed by atoms with E-state index in [0.717, 1.165) is 23.1 Å². The first-order valence-corrected chi connectivity index (χ1v) is 9.14. The van der Waals surface area contributed by atoms with Crippen molar-refractivity contribution >= 4 is 40.1 Å². The second kappa shape index (κ2) is 9.06. The Bertz CT molecular complexity index is 503. The number of esters is 1. The van der Waals surface area contributed by atoms with Gasteiger partial charge in [-0.3, -0.25) is 9.59 Å². The molecular formula is C13H20N4O3S2. The fourth-order valence-corrected chi connectivity index (χ4v) is 3.78. The molecule has 0 aromatic carbocycles. The Hall–Kier alpha value is -1.19. The normalized spacial score (nSPS) is 18.0. The number of carbonyl (C=O) groups is 2. The van der Waals surface area contributed by atoms with Gasteiger partial charge >= 0.3 is 5.97 Å². The van der Waals surface area contributed by atoms with Crippen LogP contribution in [0.25, 0.3) is 0 Å². The van der Waals surface area contributed by atoms with E-state index in [1.54, 1.807) is 0 Å². The van der Waals surface area contributed by atoms with Crippen LogP contribution in [0.3, 0.4) is 0 Å². The molecule has 0 saturated carbocycles. The van der Waals surface area contributed by atoms with Crippen LogP contribution in [0.4, 0.5) is 5.13 Å². The highest BCUT2D eigenvalue weighted by Gasteiger charge is 2.17. The predicted molar refractivity (Wildman–Crippen MR) is 87.2 cm³/mol. The fraction of sp³-hybridized carbons (Fsp3) is 0.692. The van der Waals surface area contributed by atoms with Crippen molar-refractivity contribution in [2.24, 2.45) is 0 Å². The summed E-state index contributed by atoms with van der Waals surface area (Å²) in [6, 6.07) is 0.228. The molecule has 1 atom stereocenters. The smallest absolute Gasteiger partial charge is 0.305 e. The topological polar surface area (TPSA) is 93.2 Å². The van der Waals surface area contributed by atoms with Gasteiger partial charge in [0.2, 0.25) is 11.0 Å². The molecule has 1 aliphatic rings. The lowest BCUT2D eigenvalue weighted by atomic mass is 10.2. The minimum Gasteiger partial charge on any atom is -0.469 e. The van der Waals surface area contributed by atoms with Crippen LogP contribution in [0.2, 0.25) is 0 Å². The lowest BCUT2D eigenvalue weighted by molar-refractivity contribution is -0.140. The Kier molecular flexibility index (Phi) is 7.07. The molecule has 1 fully saturated rings. The van der Waals surface area contributed by atoms with Crippen LogP contribution < -0.4 is 10.6 Å². The number of anilines is 1. The van der Waals surface area contributed by atoms with Gasteiger partial charge in [0.1, 0.15) is 5.01 Å². The van der Waals surface area contributed by atoms with E-state index in [2.05, 4.69) is 25.6 Å². The zero-order valence-corrected chi connectivity index (χ0v) is 14.1. The predicted octanol–water partition coefficient (Wildman–Crippen LogP) is 1.07. The van der Waals surface area contributed by atoms with Crippen molar-refractivity contribution in [3.8, 4) is 0 Å². The first-order valence-electron chi connectivity index (χ1n) is 7.17. The van der Waals surface area contributed by atoms with E-state index in [1.807, 2.05) is 11.8 Å². The number of ether oxygens (including phenoxy) is 1. The largest absolute Gasteiger partial charge is 0.469 e. The number of rotatable bonds is 7. The highest BCUT2D eigenvalue weighted by molar-refractivity contribution is 7.99. The van der Waals surface area contributed by atoms with Crippen molar-refractivity contribution in [2.45, 2.75) is 31.7 Å². The van der Waals surface area contributed by atoms with E-state index < -0.39 is 0 Å². The number of amides is 1. The number of carbonyl (C=O) groups excluding carboxylic acids is 2. The van der Waals surface area contributed by atoms with Gasteiger partial charge in [0.15, 0.2) is 0 Å². The molecule has 1 aliphatic heterocycles. The quantitative estimate of drug-likeness (QED) is 0.715. The van der Waals surface area contributed by atoms with Crippen molar-refractivity contribution in [3.05, 3.63) is 5.01 Å². The van der Waals surface area contributed by atoms with Crippen molar-refractivity contribution < 1.29 is 14.3 Å². The molecule has 0 spiro atoms. The molecule has 1 aromatic heterocycles. The van der Waals surface area contributed by atoms with E-state index >= 15 is 0 Å². The summed E-state index contributed by atoms with van der Waals surface area (Å²) >= 11 is 3.21. The first kappa shape index (κ1) is 17.2. The monoisotopic (exact) mass is 344 g/mol. The molecule has 1 unspecified atom stereocenters. The number of methoxy groups -OCH3 is 1. The summed E-state index contributed by atoms with van der Waals surface area (Å²) in [7, 11) is 1.38. The van der Waals surface area contributed by atoms with Crippen molar-refractivity contribution in [1.29, 1.82) is 0 Å². The third kappa shape index (κ3) is 5.90. The minimum absolute atomic E-state index is 0.0442. The standard InChI is InChI=1S/C13H20N4O3S2/c1-20-12(19)4-2-3-11-16-17-13(22-11)15-10(18)7-9-8-21-6-5-14-9/h9,14H,2-8H2,1H3,(H,15,17,18). The summed E-state index contributed by atoms with van der Waals surface area (Å²) in [5.74, 6) is 1.79. The zero-order chi connectivity index (χ0) is 15.8. The number of nitrogens with zero attached hydrogens (tertiary/aromatic N) is 2. The number of aryl methyl sites for hydroxylation is 1. The molecule has 0 radical (unpaired) electrons. The van der Waals surface area contributed by atoms with Crippen molar-refractivity contribution in [1.82, 2.24) is 15.5 Å². The maximum atomic E-state index is 11.9. The highest BCUT2D eigenvalue weighted by Crippen LogP contribution is 2.18. The van der Waals surface area contributed by atoms with Gasteiger partial charge in [-0.15, -0.1) is 10.2 Å². The molecule has 7 nitrogen and oxygen atoms in total. The number of aromatic nitrogens is 2. The van der Waals surface area contributed by atoms with Gasteiger partial charge in [-0.25, -0.2) is 0 Å². The van der Waals surface area contributed by atoms with E-state index in [4.69, 9.17) is 0 Å². The van der Waals surface area contributed by atoms with Crippen LogP contribution in [-0.4, -0.2) is 53.3 Å². The molecule has 2 heterocycles. The lowest BCUT2D eigenvalue weighted by Crippen LogP contribution is -2.39. The van der Waals surface area contributed by atoms with E-state index in [-0.39, 0.29) is 17.9 Å². The second-order valence-electron chi connectivity index (χ2n) is 4.91. The molecule has 2 N–H and O–H groups in total. The van der Waals surface area contributed by atoms with Crippen LogP contribution in [0.5, 0.6) is 0 Å². The number of hydrogen-bond donors (Lipinski definition) is 2. The van der Waals surface area contributed by atoms with Gasteiger partial charge in [-0.2, -0.15) is 11.8 Å². The molecule has 1 amide bonds. The van der Waals surface area contributed by atoms with Crippen LogP contribution in [0.15, 0.2) is 0 Å². The minimum atomic E-state index is -0.226. The average Bonchev–Trinajstić information content (AvgIpc) is 2.95. The summed E-state index contributed by atoms with van der Waals surface area (Å²) in [5, 5.41) is 15.4. The zero-order valence-electron chi connectivity index (χ0n) is 12.5. The molecule has 2 rings (SSSR count). The maximum Gasteiger partial charge on any atom is 0.305 e. The van der Waals surface area contributed by atoms with Crippen molar-refractivity contribution in [2.75, 3.05) is 30.5 Å². The summed E-state index contributed by atoms with van der Waals surface area (Å²) < 4.78 is 4.58. The molecule has 9 heteroatoms. The summed E-state index contributed by atoms with van der Waals surface area (Å²) in [6.07, 6.45) is 2.13. The van der Waals surface area contributed by atoms with Crippen LogP contribution >= 0.6 is 23.1 Å². The number of nitrogens with one attached hydrogen (secondary N) is 2. The SMILES string of the molecule is COC(=O)CCCc1nnc(NC(=O)CC2CSCCN2)s1. The van der Waals surface area contributed by atoms with Crippen molar-refractivity contribution in [3.63, 3.8) is 0 Å². The van der Waals surface area contributed by atoms with E-state index in [1.165, 1.54) is 18.4 Å². The molecule has 122 valence electrons. The Morgan fingerprint density at radius 2 is 2.32 bits per heavy atom. The Morgan fingerprint density at radius 3 is 3.05 bits per heavy atom. The summed E-state index contributed by atoms with van der Waals surface area (Å²) in [6.45, 7) is 0.950. The lowest BCUT2D eigenvalue weighted by Gasteiger charge is -2.22.